The van der Waals surface area contributed by atoms with E-state index in [-0.39, 0.29) is 13.1 Å². The summed E-state index contributed by atoms with van der Waals surface area (Å²) in [7, 11) is 1.54. The van der Waals surface area contributed by atoms with Gasteiger partial charge in [-0.25, -0.2) is 4.79 Å². The van der Waals surface area contributed by atoms with Gasteiger partial charge in [0.25, 0.3) is 5.91 Å². The number of urea groups is 1. The molecule has 1 aliphatic heterocycles. The van der Waals surface area contributed by atoms with Crippen LogP contribution in [-0.4, -0.2) is 36.4 Å². The number of benzene rings is 2. The first kappa shape index (κ1) is 19.7. The van der Waals surface area contributed by atoms with E-state index in [1.54, 1.807) is 56.5 Å². The van der Waals surface area contributed by atoms with Crippen molar-refractivity contribution in [2.24, 2.45) is 0 Å². The van der Waals surface area contributed by atoms with Gasteiger partial charge in [-0.1, -0.05) is 41.9 Å². The normalized spacial score (nSPS) is 18.8. The first-order valence-corrected chi connectivity index (χ1v) is 9.01. The summed E-state index contributed by atoms with van der Waals surface area (Å²) in [6.45, 7) is 1.44. The summed E-state index contributed by atoms with van der Waals surface area (Å²) in [5.41, 5.74) is 0.107. The molecular formula is C20H20ClN3O4. The summed E-state index contributed by atoms with van der Waals surface area (Å²) in [5.74, 6) is -0.308. The van der Waals surface area contributed by atoms with Crippen LogP contribution in [0.15, 0.2) is 48.5 Å². The molecule has 2 N–H and O–H groups in total. The third-order valence-corrected chi connectivity index (χ3v) is 5.05. The van der Waals surface area contributed by atoms with Gasteiger partial charge in [-0.05, 0) is 36.2 Å². The first-order chi connectivity index (χ1) is 13.3. The number of nitrogens with zero attached hydrogens (tertiary/aromatic N) is 1. The molecule has 0 radical (unpaired) electrons. The number of ether oxygens (including phenoxy) is 1. The number of rotatable bonds is 6. The molecule has 8 heteroatoms. The fourth-order valence-electron chi connectivity index (χ4n) is 3.00. The molecule has 0 saturated carbocycles. The molecule has 146 valence electrons. The molecule has 0 spiro atoms. The van der Waals surface area contributed by atoms with Gasteiger partial charge in [-0.15, -0.1) is 0 Å². The molecule has 2 aromatic carbocycles. The predicted octanol–water partition coefficient (Wildman–Crippen LogP) is 2.43. The second-order valence-electron chi connectivity index (χ2n) is 6.54. The maximum Gasteiger partial charge on any atom is 0.325 e. The zero-order valence-corrected chi connectivity index (χ0v) is 16.2. The van der Waals surface area contributed by atoms with Crippen molar-refractivity contribution in [2.45, 2.75) is 19.0 Å². The van der Waals surface area contributed by atoms with Crippen LogP contribution in [0.1, 0.15) is 18.1 Å². The van der Waals surface area contributed by atoms with Gasteiger partial charge in [0.1, 0.15) is 17.8 Å². The van der Waals surface area contributed by atoms with Gasteiger partial charge < -0.3 is 15.4 Å². The average Bonchev–Trinajstić information content (AvgIpc) is 2.91. The number of hydrogen-bond donors (Lipinski definition) is 2. The Bertz CT molecular complexity index is 916. The lowest BCUT2D eigenvalue weighted by Gasteiger charge is -2.22. The molecule has 1 fully saturated rings. The maximum absolute atomic E-state index is 12.9. The minimum absolute atomic E-state index is 0.206. The highest BCUT2D eigenvalue weighted by atomic mass is 35.5. The van der Waals surface area contributed by atoms with Crippen molar-refractivity contribution in [3.8, 4) is 5.75 Å². The molecule has 1 unspecified atom stereocenters. The van der Waals surface area contributed by atoms with E-state index in [1.807, 2.05) is 6.07 Å². The Balaban J connectivity index is 1.67. The van der Waals surface area contributed by atoms with Crippen LogP contribution in [0.5, 0.6) is 5.75 Å². The Morgan fingerprint density at radius 2 is 1.86 bits per heavy atom. The molecule has 0 aliphatic carbocycles. The number of halogens is 1. The van der Waals surface area contributed by atoms with Crippen LogP contribution in [0.2, 0.25) is 5.02 Å². The molecule has 0 bridgehead atoms. The van der Waals surface area contributed by atoms with E-state index >= 15 is 0 Å². The minimum atomic E-state index is -1.24. The van der Waals surface area contributed by atoms with Gasteiger partial charge in [0, 0.05) is 11.6 Å². The van der Waals surface area contributed by atoms with Gasteiger partial charge in [0.2, 0.25) is 5.91 Å². The predicted molar refractivity (Wildman–Crippen MR) is 104 cm³/mol. The molecule has 1 aliphatic rings. The van der Waals surface area contributed by atoms with Crippen LogP contribution in [0.4, 0.5) is 4.79 Å². The SMILES string of the molecule is COc1ccc(C2(C)NC(=O)N(CC(=O)NCc3ccccc3Cl)C2=O)cc1. The van der Waals surface area contributed by atoms with Crippen LogP contribution >= 0.6 is 11.6 Å². The van der Waals surface area contributed by atoms with E-state index in [4.69, 9.17) is 16.3 Å². The molecule has 3 rings (SSSR count). The van der Waals surface area contributed by atoms with Crippen molar-refractivity contribution < 1.29 is 19.1 Å². The highest BCUT2D eigenvalue weighted by Gasteiger charge is 2.49. The van der Waals surface area contributed by atoms with Crippen molar-refractivity contribution in [2.75, 3.05) is 13.7 Å². The van der Waals surface area contributed by atoms with Gasteiger partial charge in [0.15, 0.2) is 0 Å². The maximum atomic E-state index is 12.9. The Morgan fingerprint density at radius 3 is 2.50 bits per heavy atom. The smallest absolute Gasteiger partial charge is 0.325 e. The molecule has 28 heavy (non-hydrogen) atoms. The largest absolute Gasteiger partial charge is 0.497 e. The van der Waals surface area contributed by atoms with Crippen molar-refractivity contribution in [3.05, 3.63) is 64.7 Å². The van der Waals surface area contributed by atoms with E-state index in [9.17, 15) is 14.4 Å². The van der Waals surface area contributed by atoms with Gasteiger partial charge >= 0.3 is 6.03 Å². The highest BCUT2D eigenvalue weighted by molar-refractivity contribution is 6.31. The fraction of sp³-hybridized carbons (Fsp3) is 0.250. The number of carbonyl (C=O) groups excluding carboxylic acids is 3. The zero-order chi connectivity index (χ0) is 20.3. The highest BCUT2D eigenvalue weighted by Crippen LogP contribution is 2.29. The van der Waals surface area contributed by atoms with Crippen LogP contribution in [-0.2, 0) is 21.7 Å². The topological polar surface area (TPSA) is 87.7 Å². The van der Waals surface area contributed by atoms with Gasteiger partial charge in [-0.3, -0.25) is 14.5 Å². The summed E-state index contributed by atoms with van der Waals surface area (Å²) < 4.78 is 5.11. The first-order valence-electron chi connectivity index (χ1n) is 8.64. The van der Waals surface area contributed by atoms with E-state index in [1.165, 1.54) is 0 Å². The molecule has 1 saturated heterocycles. The minimum Gasteiger partial charge on any atom is -0.497 e. The summed E-state index contributed by atoms with van der Waals surface area (Å²) in [4.78, 5) is 38.4. The number of amides is 4. The Hall–Kier alpha value is -3.06. The molecular weight excluding hydrogens is 382 g/mol. The number of hydrogen-bond acceptors (Lipinski definition) is 4. The quantitative estimate of drug-likeness (QED) is 0.728. The van der Waals surface area contributed by atoms with E-state index in [2.05, 4.69) is 10.6 Å². The van der Waals surface area contributed by atoms with Crippen molar-refractivity contribution in [1.29, 1.82) is 0 Å². The standard InChI is InChI=1S/C20H20ClN3O4/c1-20(14-7-9-15(28-2)10-8-14)18(26)24(19(27)23-20)12-17(25)22-11-13-5-3-4-6-16(13)21/h3-10H,11-12H2,1-2H3,(H,22,25)(H,23,27). The third-order valence-electron chi connectivity index (χ3n) is 4.68. The lowest BCUT2D eigenvalue weighted by Crippen LogP contribution is -2.43. The molecule has 2 aromatic rings. The van der Waals surface area contributed by atoms with Crippen LogP contribution in [0.25, 0.3) is 0 Å². The molecule has 1 atom stereocenters. The van der Waals surface area contributed by atoms with Gasteiger partial charge in [0.05, 0.1) is 7.11 Å². The summed E-state index contributed by atoms with van der Waals surface area (Å²) in [6, 6.07) is 13.3. The second kappa shape index (κ2) is 7.90. The van der Waals surface area contributed by atoms with Crippen molar-refractivity contribution >= 4 is 29.4 Å². The zero-order valence-electron chi connectivity index (χ0n) is 15.5. The van der Waals surface area contributed by atoms with Gasteiger partial charge in [-0.2, -0.15) is 0 Å². The number of carbonyl (C=O) groups is 3. The fourth-order valence-corrected chi connectivity index (χ4v) is 3.20. The Labute approximate surface area is 167 Å². The van der Waals surface area contributed by atoms with Crippen LogP contribution < -0.4 is 15.4 Å². The number of methoxy groups -OCH3 is 1. The summed E-state index contributed by atoms with van der Waals surface area (Å²) >= 11 is 6.06. The Kier molecular flexibility index (Phi) is 5.56. The van der Waals surface area contributed by atoms with E-state index in [0.29, 0.717) is 16.3 Å². The third kappa shape index (κ3) is 3.80. The Morgan fingerprint density at radius 1 is 1.18 bits per heavy atom. The van der Waals surface area contributed by atoms with Crippen molar-refractivity contribution in [3.63, 3.8) is 0 Å². The van der Waals surface area contributed by atoms with Crippen molar-refractivity contribution in [1.82, 2.24) is 15.5 Å². The number of nitrogens with one attached hydrogen (secondary N) is 2. The molecule has 1 heterocycles. The number of imide groups is 1. The summed E-state index contributed by atoms with van der Waals surface area (Å²) in [5, 5.41) is 5.88. The molecule has 7 nitrogen and oxygen atoms in total. The molecule has 0 aromatic heterocycles. The van der Waals surface area contributed by atoms with Crippen LogP contribution in [0, 0.1) is 0 Å². The monoisotopic (exact) mass is 401 g/mol. The lowest BCUT2D eigenvalue weighted by molar-refractivity contribution is -0.134. The summed E-state index contributed by atoms with van der Waals surface area (Å²) in [6.07, 6.45) is 0. The van der Waals surface area contributed by atoms with E-state index < -0.39 is 23.4 Å². The lowest BCUT2D eigenvalue weighted by atomic mass is 9.92. The second-order valence-corrected chi connectivity index (χ2v) is 6.95. The van der Waals surface area contributed by atoms with E-state index in [0.717, 1.165) is 10.5 Å². The van der Waals surface area contributed by atoms with Crippen LogP contribution in [0.3, 0.4) is 0 Å². The average molecular weight is 402 g/mol. The molecule has 4 amide bonds.